The number of rotatable bonds is 3. The van der Waals surface area contributed by atoms with Crippen LogP contribution in [-0.2, 0) is 9.59 Å². The van der Waals surface area contributed by atoms with Gasteiger partial charge in [-0.15, -0.1) is 0 Å². The maximum Gasteiger partial charge on any atom is 0.240 e. The van der Waals surface area contributed by atoms with Crippen molar-refractivity contribution in [2.75, 3.05) is 4.90 Å². The maximum absolute atomic E-state index is 13.4. The van der Waals surface area contributed by atoms with Gasteiger partial charge in [0.1, 0.15) is 6.07 Å². The van der Waals surface area contributed by atoms with E-state index in [1.807, 2.05) is 49.4 Å². The number of amides is 2. The molecule has 6 nitrogen and oxygen atoms in total. The lowest BCUT2D eigenvalue weighted by molar-refractivity contribution is -0.169. The van der Waals surface area contributed by atoms with E-state index in [0.29, 0.717) is 27.7 Å². The van der Waals surface area contributed by atoms with Gasteiger partial charge in [-0.2, -0.15) is 5.26 Å². The number of anilines is 1. The first-order valence-corrected chi connectivity index (χ1v) is 9.93. The quantitative estimate of drug-likeness (QED) is 0.509. The Morgan fingerprint density at radius 3 is 2.56 bits per heavy atom. The fraction of sp³-hybridized carbons (Fsp3) is 0.550. The van der Waals surface area contributed by atoms with E-state index in [1.165, 1.54) is 6.92 Å². The molecule has 0 saturated heterocycles. The Morgan fingerprint density at radius 1 is 1.41 bits per heavy atom. The molecule has 144 valence electrons. The van der Waals surface area contributed by atoms with Crippen molar-refractivity contribution in [2.45, 2.75) is 45.8 Å². The molecule has 2 fully saturated rings. The number of benzene rings is 1. The third-order valence-corrected chi connectivity index (χ3v) is 8.31. The molecule has 2 aliphatic rings. The monoisotopic (exact) mass is 482 g/mol. The molecule has 0 aromatic heterocycles. The summed E-state index contributed by atoms with van der Waals surface area (Å²) in [6, 6.07) is 6.74. The summed E-state index contributed by atoms with van der Waals surface area (Å²) in [5.74, 6) is -1.34. The van der Waals surface area contributed by atoms with Gasteiger partial charge in [0.05, 0.1) is 28.9 Å². The predicted molar refractivity (Wildman–Crippen MR) is 108 cm³/mol. The third-order valence-electron chi connectivity index (χ3n) is 7.42. The van der Waals surface area contributed by atoms with Crippen LogP contribution in [0.1, 0.15) is 39.7 Å². The second-order valence-corrected chi connectivity index (χ2v) is 9.55. The average Bonchev–Trinajstić information content (AvgIpc) is 3.01. The molecule has 2 amide bonds. The second-order valence-electron chi connectivity index (χ2n) is 8.39. The molecule has 5 unspecified atom stereocenters. The molecule has 0 bridgehead atoms. The Hall–Kier alpha value is -1.50. The van der Waals surface area contributed by atoms with Crippen LogP contribution in [0.3, 0.4) is 0 Å². The van der Waals surface area contributed by atoms with Crippen LogP contribution < -0.4 is 4.90 Å². The molecule has 1 aromatic carbocycles. The van der Waals surface area contributed by atoms with Crippen molar-refractivity contribution in [3.63, 3.8) is 0 Å². The van der Waals surface area contributed by atoms with Crippen molar-refractivity contribution in [3.8, 4) is 6.07 Å². The molecule has 27 heavy (non-hydrogen) atoms. The van der Waals surface area contributed by atoms with Gasteiger partial charge in [0, 0.05) is 3.57 Å². The molecule has 0 heterocycles. The molecule has 6 atom stereocenters. The number of aliphatic hydroxyl groups excluding tert-OH is 1. The van der Waals surface area contributed by atoms with Crippen molar-refractivity contribution >= 4 is 40.6 Å². The zero-order valence-corrected chi connectivity index (χ0v) is 17.9. The minimum Gasteiger partial charge on any atom is -0.390 e. The lowest BCUT2D eigenvalue weighted by Gasteiger charge is -2.47. The predicted octanol–water partition coefficient (Wildman–Crippen LogP) is 2.45. The first kappa shape index (κ1) is 20.2. The highest BCUT2D eigenvalue weighted by atomic mass is 127. The van der Waals surface area contributed by atoms with Gasteiger partial charge in [-0.25, -0.2) is 0 Å². The van der Waals surface area contributed by atoms with E-state index < -0.39 is 28.9 Å². The number of aliphatic hydroxyl groups is 2. The topological polar surface area (TPSA) is 102 Å². The van der Waals surface area contributed by atoms with Gasteiger partial charge in [-0.1, -0.05) is 20.8 Å². The van der Waals surface area contributed by atoms with Crippen LogP contribution in [0.25, 0.3) is 0 Å². The third kappa shape index (κ3) is 2.57. The van der Waals surface area contributed by atoms with Gasteiger partial charge >= 0.3 is 0 Å². The van der Waals surface area contributed by atoms with E-state index >= 15 is 0 Å². The number of imide groups is 1. The number of halogens is 1. The zero-order chi connectivity index (χ0) is 20.4. The van der Waals surface area contributed by atoms with E-state index in [0.717, 1.165) is 4.90 Å². The van der Waals surface area contributed by atoms with E-state index in [2.05, 4.69) is 0 Å². The fourth-order valence-corrected chi connectivity index (χ4v) is 5.82. The average molecular weight is 482 g/mol. The summed E-state index contributed by atoms with van der Waals surface area (Å²) in [5, 5.41) is 30.7. The Kier molecular flexibility index (Phi) is 4.69. The molecule has 2 saturated carbocycles. The number of nitriles is 1. The van der Waals surface area contributed by atoms with Crippen LogP contribution in [-0.4, -0.2) is 34.2 Å². The summed E-state index contributed by atoms with van der Waals surface area (Å²) < 4.78 is 0.624. The molecule has 0 spiro atoms. The van der Waals surface area contributed by atoms with Crippen LogP contribution in [0.2, 0.25) is 0 Å². The number of nitrogens with zero attached hydrogens (tertiary/aromatic N) is 2. The van der Waals surface area contributed by atoms with Crippen LogP contribution in [0.4, 0.5) is 5.69 Å². The molecule has 3 rings (SSSR count). The van der Waals surface area contributed by atoms with E-state index in [-0.39, 0.29) is 11.3 Å². The molecule has 2 aliphatic carbocycles. The van der Waals surface area contributed by atoms with Gasteiger partial charge in [-0.3, -0.25) is 14.5 Å². The summed E-state index contributed by atoms with van der Waals surface area (Å²) in [7, 11) is 0. The lowest BCUT2D eigenvalue weighted by Crippen LogP contribution is -2.60. The van der Waals surface area contributed by atoms with Gasteiger partial charge in [0.15, 0.2) is 0 Å². The van der Waals surface area contributed by atoms with Crippen LogP contribution >= 0.6 is 22.6 Å². The number of carbonyl (C=O) groups excluding carboxylic acids is 2. The highest BCUT2D eigenvalue weighted by Crippen LogP contribution is 2.78. The minimum atomic E-state index is -1.64. The number of hydrogen-bond acceptors (Lipinski definition) is 5. The molecular weight excluding hydrogens is 459 g/mol. The van der Waals surface area contributed by atoms with Gasteiger partial charge in [-0.05, 0) is 70.9 Å². The molecule has 7 heteroatoms. The van der Waals surface area contributed by atoms with E-state index in [9.17, 15) is 19.8 Å². The molecule has 0 aliphatic heterocycles. The van der Waals surface area contributed by atoms with Gasteiger partial charge in [0.25, 0.3) is 0 Å². The summed E-state index contributed by atoms with van der Waals surface area (Å²) in [5.41, 5.74) is -1.64. The SMILES string of the molecule is CC1C2(C)CC(O)C(C)(O)C(C(=O)N(C=O)c3ccc(C#N)c(I)c3)[C@]12C. The van der Waals surface area contributed by atoms with E-state index in [1.54, 1.807) is 18.2 Å². The Bertz CT molecular complexity index is 864. The van der Waals surface area contributed by atoms with E-state index in [4.69, 9.17) is 5.26 Å². The number of fused-ring (bicyclic) bond motifs is 1. The van der Waals surface area contributed by atoms with Crippen LogP contribution in [0, 0.1) is 37.6 Å². The van der Waals surface area contributed by atoms with Crippen molar-refractivity contribution in [3.05, 3.63) is 27.3 Å². The Balaban J connectivity index is 2.05. The lowest BCUT2D eigenvalue weighted by atomic mass is 9.63. The van der Waals surface area contributed by atoms with Crippen LogP contribution in [0.15, 0.2) is 18.2 Å². The zero-order valence-electron chi connectivity index (χ0n) is 15.7. The highest BCUT2D eigenvalue weighted by Gasteiger charge is 2.79. The Labute approximate surface area is 172 Å². The summed E-state index contributed by atoms with van der Waals surface area (Å²) in [6.07, 6.45) is -0.203. The summed E-state index contributed by atoms with van der Waals surface area (Å²) in [4.78, 5) is 26.3. The smallest absolute Gasteiger partial charge is 0.240 e. The first-order valence-electron chi connectivity index (χ1n) is 8.85. The Morgan fingerprint density at radius 2 is 2.04 bits per heavy atom. The van der Waals surface area contributed by atoms with Crippen molar-refractivity contribution < 1.29 is 19.8 Å². The molecule has 2 N–H and O–H groups in total. The van der Waals surface area contributed by atoms with Crippen molar-refractivity contribution in [1.82, 2.24) is 0 Å². The van der Waals surface area contributed by atoms with Gasteiger partial charge in [0.2, 0.25) is 12.3 Å². The van der Waals surface area contributed by atoms with Crippen molar-refractivity contribution in [2.24, 2.45) is 22.7 Å². The summed E-state index contributed by atoms with van der Waals surface area (Å²) >= 11 is 1.98. The summed E-state index contributed by atoms with van der Waals surface area (Å²) in [6.45, 7) is 7.46. The minimum absolute atomic E-state index is 0.122. The van der Waals surface area contributed by atoms with Crippen LogP contribution in [0.5, 0.6) is 0 Å². The second kappa shape index (κ2) is 6.26. The largest absolute Gasteiger partial charge is 0.390 e. The number of hydrogen-bond donors (Lipinski definition) is 2. The highest BCUT2D eigenvalue weighted by molar-refractivity contribution is 14.1. The molecular formula is C20H23IN2O4. The molecule has 1 aromatic rings. The maximum atomic E-state index is 13.4. The number of carbonyl (C=O) groups is 2. The molecule has 0 radical (unpaired) electrons. The van der Waals surface area contributed by atoms with Crippen molar-refractivity contribution in [1.29, 1.82) is 5.26 Å². The first-order chi connectivity index (χ1) is 12.5. The van der Waals surface area contributed by atoms with Gasteiger partial charge < -0.3 is 10.2 Å². The normalized spacial score (nSPS) is 39.9. The fourth-order valence-electron chi connectivity index (χ4n) is 5.20. The standard InChI is InChI=1S/C20H23IN2O4/c1-11-18(2)8-15(25)20(4,27)16(19(11,18)3)17(26)23(10-24)13-6-5-12(9-22)14(21)7-13/h5-7,10-11,15-16,25,27H,8H2,1-4H3/t11?,15?,16?,18?,19-,20?/m0/s1.